The summed E-state index contributed by atoms with van der Waals surface area (Å²) in [6.45, 7) is 1.27. The van der Waals surface area contributed by atoms with Gasteiger partial charge in [0.15, 0.2) is 11.6 Å². The van der Waals surface area contributed by atoms with E-state index < -0.39 is 5.82 Å². The Morgan fingerprint density at radius 3 is 2.88 bits per heavy atom. The number of nitrogens with two attached hydrogens (primary N) is 1. The molecule has 0 bridgehead atoms. The Morgan fingerprint density at radius 1 is 1.41 bits per heavy atom. The molecular weight excluding hydrogens is 223 g/mol. The van der Waals surface area contributed by atoms with Crippen molar-refractivity contribution >= 4 is 5.91 Å². The van der Waals surface area contributed by atoms with E-state index in [0.29, 0.717) is 13.1 Å². The lowest BCUT2D eigenvalue weighted by molar-refractivity contribution is -0.121. The second-order valence-corrected chi connectivity index (χ2v) is 3.52. The number of hydrogen-bond acceptors (Lipinski definition) is 3. The van der Waals surface area contributed by atoms with Gasteiger partial charge in [0, 0.05) is 6.54 Å². The predicted octanol–water partition coefficient (Wildman–Crippen LogP) is 1.06. The molecule has 0 aromatic heterocycles. The average molecular weight is 240 g/mol. The van der Waals surface area contributed by atoms with Crippen LogP contribution in [0, 0.1) is 5.82 Å². The van der Waals surface area contributed by atoms with Gasteiger partial charge < -0.3 is 15.8 Å². The van der Waals surface area contributed by atoms with Crippen LogP contribution < -0.4 is 15.8 Å². The lowest BCUT2D eigenvalue weighted by atomic mass is 10.3. The Hall–Kier alpha value is -1.62. The highest BCUT2D eigenvalue weighted by atomic mass is 19.1. The maximum atomic E-state index is 13.1. The van der Waals surface area contributed by atoms with Crippen molar-refractivity contribution in [2.24, 2.45) is 5.73 Å². The molecule has 0 saturated heterocycles. The number of halogens is 1. The van der Waals surface area contributed by atoms with Crippen molar-refractivity contribution in [3.63, 3.8) is 0 Å². The van der Waals surface area contributed by atoms with E-state index in [1.165, 1.54) is 12.1 Å². The van der Waals surface area contributed by atoms with Crippen LogP contribution in [0.1, 0.15) is 12.8 Å². The molecule has 0 spiro atoms. The van der Waals surface area contributed by atoms with Crippen molar-refractivity contribution in [1.82, 2.24) is 5.32 Å². The molecule has 4 nitrogen and oxygen atoms in total. The van der Waals surface area contributed by atoms with Gasteiger partial charge in [-0.05, 0) is 25.1 Å². The Morgan fingerprint density at radius 2 is 2.18 bits per heavy atom. The first-order valence-electron chi connectivity index (χ1n) is 5.58. The summed E-state index contributed by atoms with van der Waals surface area (Å²) in [5.41, 5.74) is 5.29. The van der Waals surface area contributed by atoms with Crippen LogP contribution in [0.3, 0.4) is 0 Å². The standard InChI is InChI=1S/C12H17FN2O2/c13-10-4-1-2-5-11(10)17-9-6-12(16)15-8-3-7-14/h1-2,4-5H,3,6-9,14H2,(H,15,16). The zero-order valence-corrected chi connectivity index (χ0v) is 9.62. The van der Waals surface area contributed by atoms with Crippen LogP contribution in [0.15, 0.2) is 24.3 Å². The number of para-hydroxylation sites is 1. The summed E-state index contributed by atoms with van der Waals surface area (Å²) in [7, 11) is 0. The van der Waals surface area contributed by atoms with Crippen molar-refractivity contribution < 1.29 is 13.9 Å². The molecule has 0 fully saturated rings. The molecule has 1 amide bonds. The van der Waals surface area contributed by atoms with E-state index >= 15 is 0 Å². The Bertz CT molecular complexity index is 358. The number of nitrogens with one attached hydrogen (secondary N) is 1. The largest absolute Gasteiger partial charge is 0.490 e. The molecule has 17 heavy (non-hydrogen) atoms. The molecule has 1 aromatic carbocycles. The summed E-state index contributed by atoms with van der Waals surface area (Å²) < 4.78 is 18.3. The van der Waals surface area contributed by atoms with Gasteiger partial charge in [-0.1, -0.05) is 12.1 Å². The fourth-order valence-corrected chi connectivity index (χ4v) is 1.23. The van der Waals surface area contributed by atoms with E-state index in [0.717, 1.165) is 6.42 Å². The number of rotatable bonds is 7. The molecule has 0 atom stereocenters. The summed E-state index contributed by atoms with van der Waals surface area (Å²) in [6.07, 6.45) is 0.957. The monoisotopic (exact) mass is 240 g/mol. The minimum absolute atomic E-state index is 0.116. The quantitative estimate of drug-likeness (QED) is 0.700. The second kappa shape index (κ2) is 7.62. The van der Waals surface area contributed by atoms with Crippen molar-refractivity contribution in [2.45, 2.75) is 12.8 Å². The molecule has 0 aliphatic heterocycles. The van der Waals surface area contributed by atoms with E-state index in [4.69, 9.17) is 10.5 Å². The smallest absolute Gasteiger partial charge is 0.223 e. The summed E-state index contributed by atoms with van der Waals surface area (Å²) >= 11 is 0. The van der Waals surface area contributed by atoms with Gasteiger partial charge in [0.25, 0.3) is 0 Å². The van der Waals surface area contributed by atoms with E-state index in [-0.39, 0.29) is 24.7 Å². The summed E-state index contributed by atoms with van der Waals surface area (Å²) in [5, 5.41) is 2.69. The van der Waals surface area contributed by atoms with Gasteiger partial charge in [-0.15, -0.1) is 0 Å². The molecule has 0 heterocycles. The SMILES string of the molecule is NCCCNC(=O)CCOc1ccccc1F. The van der Waals surface area contributed by atoms with Crippen LogP contribution in [0.4, 0.5) is 4.39 Å². The fourth-order valence-electron chi connectivity index (χ4n) is 1.23. The van der Waals surface area contributed by atoms with Gasteiger partial charge in [0.05, 0.1) is 13.0 Å². The number of ether oxygens (including phenoxy) is 1. The topological polar surface area (TPSA) is 64.3 Å². The molecule has 94 valence electrons. The highest BCUT2D eigenvalue weighted by Gasteiger charge is 2.04. The highest BCUT2D eigenvalue weighted by Crippen LogP contribution is 2.15. The van der Waals surface area contributed by atoms with Gasteiger partial charge in [-0.2, -0.15) is 0 Å². The minimum Gasteiger partial charge on any atom is -0.490 e. The third-order valence-corrected chi connectivity index (χ3v) is 2.13. The van der Waals surface area contributed by atoms with Crippen molar-refractivity contribution in [3.05, 3.63) is 30.1 Å². The maximum Gasteiger partial charge on any atom is 0.223 e. The van der Waals surface area contributed by atoms with Gasteiger partial charge in [-0.25, -0.2) is 4.39 Å². The van der Waals surface area contributed by atoms with Crippen LogP contribution in [-0.4, -0.2) is 25.6 Å². The number of carbonyl (C=O) groups excluding carboxylic acids is 1. The molecule has 0 saturated carbocycles. The Kier molecular flexibility index (Phi) is 6.03. The molecule has 1 rings (SSSR count). The zero-order valence-electron chi connectivity index (χ0n) is 9.62. The molecule has 3 N–H and O–H groups in total. The van der Waals surface area contributed by atoms with Crippen molar-refractivity contribution in [3.8, 4) is 5.75 Å². The van der Waals surface area contributed by atoms with Gasteiger partial charge >= 0.3 is 0 Å². The lowest BCUT2D eigenvalue weighted by Gasteiger charge is -2.07. The van der Waals surface area contributed by atoms with Crippen molar-refractivity contribution in [1.29, 1.82) is 0 Å². The van der Waals surface area contributed by atoms with E-state index in [1.807, 2.05) is 0 Å². The van der Waals surface area contributed by atoms with Crippen LogP contribution in [0.25, 0.3) is 0 Å². The minimum atomic E-state index is -0.420. The van der Waals surface area contributed by atoms with E-state index in [9.17, 15) is 9.18 Å². The summed E-state index contributed by atoms with van der Waals surface area (Å²) in [5.74, 6) is -0.368. The van der Waals surface area contributed by atoms with Gasteiger partial charge in [0.2, 0.25) is 5.91 Å². The van der Waals surface area contributed by atoms with Crippen LogP contribution in [-0.2, 0) is 4.79 Å². The first kappa shape index (κ1) is 13.4. The third kappa shape index (κ3) is 5.31. The van der Waals surface area contributed by atoms with Crippen LogP contribution in [0.5, 0.6) is 5.75 Å². The number of carbonyl (C=O) groups is 1. The molecule has 1 aromatic rings. The summed E-state index contributed by atoms with van der Waals surface area (Å²) in [4.78, 5) is 11.3. The fraction of sp³-hybridized carbons (Fsp3) is 0.417. The normalized spacial score (nSPS) is 10.0. The molecule has 0 unspecified atom stereocenters. The van der Waals surface area contributed by atoms with Gasteiger partial charge in [-0.3, -0.25) is 4.79 Å². The lowest BCUT2D eigenvalue weighted by Crippen LogP contribution is -2.27. The molecule has 0 aliphatic rings. The second-order valence-electron chi connectivity index (χ2n) is 3.52. The highest BCUT2D eigenvalue weighted by molar-refractivity contribution is 5.75. The zero-order chi connectivity index (χ0) is 12.5. The summed E-state index contributed by atoms with van der Waals surface area (Å²) in [6, 6.07) is 6.11. The first-order valence-corrected chi connectivity index (χ1v) is 5.58. The number of amides is 1. The number of benzene rings is 1. The van der Waals surface area contributed by atoms with Crippen LogP contribution in [0.2, 0.25) is 0 Å². The van der Waals surface area contributed by atoms with E-state index in [1.54, 1.807) is 12.1 Å². The molecular formula is C12H17FN2O2. The van der Waals surface area contributed by atoms with Gasteiger partial charge in [0.1, 0.15) is 0 Å². The Balaban J connectivity index is 2.19. The molecule has 0 aliphatic carbocycles. The average Bonchev–Trinajstić information content (AvgIpc) is 2.32. The first-order chi connectivity index (χ1) is 8.24. The molecule has 0 radical (unpaired) electrons. The predicted molar refractivity (Wildman–Crippen MR) is 63.2 cm³/mol. The van der Waals surface area contributed by atoms with Crippen molar-refractivity contribution in [2.75, 3.05) is 19.7 Å². The number of hydrogen-bond donors (Lipinski definition) is 2. The van der Waals surface area contributed by atoms with E-state index in [2.05, 4.69) is 5.32 Å². The maximum absolute atomic E-state index is 13.1. The van der Waals surface area contributed by atoms with Crippen LogP contribution >= 0.6 is 0 Å². The Labute approximate surface area is 100.0 Å². The molecule has 5 heteroatoms. The third-order valence-electron chi connectivity index (χ3n) is 2.13.